The van der Waals surface area contributed by atoms with E-state index in [-0.39, 0.29) is 5.82 Å². The monoisotopic (exact) mass is 351 g/mol. The van der Waals surface area contributed by atoms with Crippen LogP contribution in [-0.2, 0) is 20.6 Å². The number of morpholine rings is 1. The third-order valence-corrected chi connectivity index (χ3v) is 5.08. The Morgan fingerprint density at radius 1 is 1.04 bits per heavy atom. The quantitative estimate of drug-likeness (QED) is 0.784. The minimum Gasteiger partial charge on any atom is -0.399 e. The largest absolute Gasteiger partial charge is 0.497 e. The molecule has 0 N–H and O–H groups in total. The van der Waals surface area contributed by atoms with E-state index in [4.69, 9.17) is 14.0 Å². The number of halogens is 1. The zero-order chi connectivity index (χ0) is 18.7. The van der Waals surface area contributed by atoms with Crippen molar-refractivity contribution in [3.05, 3.63) is 29.6 Å². The van der Waals surface area contributed by atoms with Crippen molar-refractivity contribution in [1.82, 2.24) is 4.90 Å². The molecule has 0 saturated carbocycles. The third kappa shape index (κ3) is 4.62. The molecule has 0 spiro atoms. The number of hydrogen-bond acceptors (Lipinski definition) is 4. The first-order valence-corrected chi connectivity index (χ1v) is 9.22. The Kier molecular flexibility index (Phi) is 6.65. The maximum Gasteiger partial charge on any atom is 0.497 e. The summed E-state index contributed by atoms with van der Waals surface area (Å²) in [7, 11) is -0.662. The van der Waals surface area contributed by atoms with Crippen molar-refractivity contribution in [3.8, 4) is 0 Å². The fourth-order valence-electron chi connectivity index (χ4n) is 2.86. The molecule has 2 fully saturated rings. The van der Waals surface area contributed by atoms with Crippen LogP contribution in [0.2, 0.25) is 0 Å². The van der Waals surface area contributed by atoms with E-state index in [1.165, 1.54) is 6.07 Å². The summed E-state index contributed by atoms with van der Waals surface area (Å²) in [5.41, 5.74) is 0.613. The van der Waals surface area contributed by atoms with Crippen LogP contribution in [0.5, 0.6) is 0 Å². The van der Waals surface area contributed by atoms with Crippen LogP contribution in [0.15, 0.2) is 18.2 Å². The summed E-state index contributed by atoms with van der Waals surface area (Å²) in [6.45, 7) is 16.0. The first-order valence-electron chi connectivity index (χ1n) is 9.22. The highest BCUT2D eigenvalue weighted by atomic mass is 19.1. The molecule has 0 radical (unpaired) electrons. The Bertz CT molecular complexity index is 558. The Hall–Kier alpha value is -0.945. The second-order valence-electron chi connectivity index (χ2n) is 7.33. The minimum absolute atomic E-state index is 0.283. The summed E-state index contributed by atoms with van der Waals surface area (Å²) >= 11 is 0. The molecule has 25 heavy (non-hydrogen) atoms. The Balaban J connectivity index is 0.00000109. The maximum absolute atomic E-state index is 14.3. The van der Waals surface area contributed by atoms with Gasteiger partial charge in [0.1, 0.15) is 5.82 Å². The maximum atomic E-state index is 14.3. The molecule has 0 amide bonds. The molecule has 0 aliphatic carbocycles. The molecule has 2 aliphatic rings. The summed E-state index contributed by atoms with van der Waals surface area (Å²) in [5, 5.41) is 0. The number of benzene rings is 1. The van der Waals surface area contributed by atoms with Gasteiger partial charge in [0.2, 0.25) is 0 Å². The van der Waals surface area contributed by atoms with Crippen molar-refractivity contribution in [2.24, 2.45) is 0 Å². The molecule has 0 unspecified atom stereocenters. The van der Waals surface area contributed by atoms with E-state index < -0.39 is 18.3 Å². The standard InChI is InChI=1S/C17H25BFNO3.C2H6/c1-16(2)17(3,4)23-18(22-16)14-11-13(5-6-15(14)19)12-20-7-9-21-10-8-20;1-2/h5-6,11H,7-10,12H2,1-4H3;1-2H3. The average molecular weight is 351 g/mol. The normalized spacial score (nSPS) is 22.4. The van der Waals surface area contributed by atoms with Crippen LogP contribution in [0.1, 0.15) is 47.1 Å². The van der Waals surface area contributed by atoms with E-state index in [2.05, 4.69) is 4.90 Å². The Morgan fingerprint density at radius 2 is 1.60 bits per heavy atom. The molecule has 1 aromatic carbocycles. The number of nitrogens with zero attached hydrogens (tertiary/aromatic N) is 1. The van der Waals surface area contributed by atoms with Crippen LogP contribution in [0.3, 0.4) is 0 Å². The van der Waals surface area contributed by atoms with Gasteiger partial charge in [-0.2, -0.15) is 0 Å². The summed E-state index contributed by atoms with van der Waals surface area (Å²) < 4.78 is 31.6. The number of ether oxygens (including phenoxy) is 1. The lowest BCUT2D eigenvalue weighted by atomic mass is 9.78. The van der Waals surface area contributed by atoms with Gasteiger partial charge < -0.3 is 14.0 Å². The number of hydrogen-bond donors (Lipinski definition) is 0. The molecular weight excluding hydrogens is 320 g/mol. The molecular formula is C19H31BFNO3. The first kappa shape index (κ1) is 20.4. The highest BCUT2D eigenvalue weighted by Crippen LogP contribution is 2.36. The van der Waals surface area contributed by atoms with Gasteiger partial charge in [0, 0.05) is 25.1 Å². The SMILES string of the molecule is CC.CC1(C)OB(c2cc(CN3CCOCC3)ccc2F)OC1(C)C. The summed E-state index contributed by atoms with van der Waals surface area (Å²) in [4.78, 5) is 2.31. The van der Waals surface area contributed by atoms with Gasteiger partial charge in [-0.15, -0.1) is 0 Å². The van der Waals surface area contributed by atoms with E-state index in [0.29, 0.717) is 5.46 Å². The topological polar surface area (TPSA) is 30.9 Å². The second kappa shape index (κ2) is 8.17. The van der Waals surface area contributed by atoms with E-state index >= 15 is 0 Å². The summed E-state index contributed by atoms with van der Waals surface area (Å²) in [6, 6.07) is 5.21. The van der Waals surface area contributed by atoms with Crippen molar-refractivity contribution >= 4 is 12.6 Å². The fourth-order valence-corrected chi connectivity index (χ4v) is 2.86. The minimum atomic E-state index is -0.662. The van der Waals surface area contributed by atoms with Gasteiger partial charge >= 0.3 is 7.12 Å². The van der Waals surface area contributed by atoms with Crippen molar-refractivity contribution in [1.29, 1.82) is 0 Å². The van der Waals surface area contributed by atoms with Crippen LogP contribution in [0.25, 0.3) is 0 Å². The lowest BCUT2D eigenvalue weighted by molar-refractivity contribution is 0.00578. The van der Waals surface area contributed by atoms with E-state index in [1.54, 1.807) is 0 Å². The molecule has 2 saturated heterocycles. The van der Waals surface area contributed by atoms with Crippen LogP contribution in [0.4, 0.5) is 4.39 Å². The molecule has 3 rings (SSSR count). The van der Waals surface area contributed by atoms with Crippen molar-refractivity contribution in [2.75, 3.05) is 26.3 Å². The molecule has 1 aromatic rings. The van der Waals surface area contributed by atoms with E-state index in [9.17, 15) is 4.39 Å². The zero-order valence-electron chi connectivity index (χ0n) is 16.4. The Labute approximate surface area is 151 Å². The van der Waals surface area contributed by atoms with Crippen LogP contribution < -0.4 is 5.46 Å². The van der Waals surface area contributed by atoms with Gasteiger partial charge in [-0.05, 0) is 39.3 Å². The van der Waals surface area contributed by atoms with Gasteiger partial charge in [-0.25, -0.2) is 4.39 Å². The van der Waals surface area contributed by atoms with Crippen LogP contribution in [0, 0.1) is 5.82 Å². The molecule has 2 heterocycles. The second-order valence-corrected chi connectivity index (χ2v) is 7.33. The van der Waals surface area contributed by atoms with Gasteiger partial charge in [0.25, 0.3) is 0 Å². The summed E-state index contributed by atoms with van der Waals surface area (Å²) in [6.07, 6.45) is 0. The zero-order valence-corrected chi connectivity index (χ0v) is 16.4. The van der Waals surface area contributed by atoms with Crippen molar-refractivity contribution in [3.63, 3.8) is 0 Å². The molecule has 0 bridgehead atoms. The molecule has 0 aromatic heterocycles. The van der Waals surface area contributed by atoms with Gasteiger partial charge in [0.15, 0.2) is 0 Å². The number of rotatable bonds is 3. The Morgan fingerprint density at radius 3 is 2.16 bits per heavy atom. The average Bonchev–Trinajstić information content (AvgIpc) is 2.80. The van der Waals surface area contributed by atoms with Gasteiger partial charge in [-0.1, -0.05) is 26.0 Å². The van der Waals surface area contributed by atoms with Gasteiger partial charge in [0.05, 0.1) is 24.4 Å². The molecule has 4 nitrogen and oxygen atoms in total. The molecule has 6 heteroatoms. The smallest absolute Gasteiger partial charge is 0.399 e. The van der Waals surface area contributed by atoms with Crippen molar-refractivity contribution in [2.45, 2.75) is 59.3 Å². The third-order valence-electron chi connectivity index (χ3n) is 5.08. The fraction of sp³-hybridized carbons (Fsp3) is 0.684. The van der Waals surface area contributed by atoms with Crippen LogP contribution in [-0.4, -0.2) is 49.5 Å². The van der Waals surface area contributed by atoms with Gasteiger partial charge in [-0.3, -0.25) is 4.90 Å². The highest BCUT2D eigenvalue weighted by Gasteiger charge is 2.52. The predicted molar refractivity (Wildman–Crippen MR) is 99.6 cm³/mol. The van der Waals surface area contributed by atoms with Crippen LogP contribution >= 0.6 is 0 Å². The molecule has 0 atom stereocenters. The van der Waals surface area contributed by atoms with Crippen molar-refractivity contribution < 1.29 is 18.4 Å². The first-order chi connectivity index (χ1) is 11.8. The molecule has 140 valence electrons. The lowest BCUT2D eigenvalue weighted by Crippen LogP contribution is -2.41. The van der Waals surface area contributed by atoms with E-state index in [0.717, 1.165) is 38.4 Å². The lowest BCUT2D eigenvalue weighted by Gasteiger charge is -2.32. The summed E-state index contributed by atoms with van der Waals surface area (Å²) in [5.74, 6) is -0.283. The predicted octanol–water partition coefficient (Wildman–Crippen LogP) is 2.98. The highest BCUT2D eigenvalue weighted by molar-refractivity contribution is 6.62. The van der Waals surface area contributed by atoms with E-state index in [1.807, 2.05) is 53.7 Å². The molecule has 2 aliphatic heterocycles.